The highest BCUT2D eigenvalue weighted by Gasteiger charge is 2.17. The van der Waals surface area contributed by atoms with Gasteiger partial charge in [0.2, 0.25) is 0 Å². The van der Waals surface area contributed by atoms with Crippen LogP contribution in [0.3, 0.4) is 0 Å². The standard InChI is InChI=1S/C11H19N3O2S/c1-7(2)14(4)6-5-12-10-9(11(15)16)8(3)13-17-10/h7,12H,5-6H2,1-4H3,(H,15,16). The number of nitrogens with one attached hydrogen (secondary N) is 1. The molecule has 0 saturated heterocycles. The van der Waals surface area contributed by atoms with Crippen LogP contribution >= 0.6 is 11.5 Å². The van der Waals surface area contributed by atoms with Crippen molar-refractivity contribution in [3.05, 3.63) is 11.3 Å². The zero-order valence-electron chi connectivity index (χ0n) is 10.6. The summed E-state index contributed by atoms with van der Waals surface area (Å²) in [6, 6.07) is 0.485. The van der Waals surface area contributed by atoms with E-state index in [4.69, 9.17) is 5.11 Å². The van der Waals surface area contributed by atoms with Crippen molar-refractivity contribution in [2.75, 3.05) is 25.5 Å². The minimum Gasteiger partial charge on any atom is -0.478 e. The van der Waals surface area contributed by atoms with E-state index in [1.165, 1.54) is 11.5 Å². The van der Waals surface area contributed by atoms with Gasteiger partial charge in [-0.1, -0.05) is 0 Å². The van der Waals surface area contributed by atoms with Crippen LogP contribution in [0.2, 0.25) is 0 Å². The molecule has 2 N–H and O–H groups in total. The number of anilines is 1. The Hall–Kier alpha value is -1.14. The molecule has 0 unspecified atom stereocenters. The number of aryl methyl sites for hydroxylation is 1. The first-order valence-corrected chi connectivity index (χ1v) is 6.34. The topological polar surface area (TPSA) is 65.5 Å². The average Bonchev–Trinajstić information content (AvgIpc) is 2.59. The lowest BCUT2D eigenvalue weighted by Gasteiger charge is -2.20. The van der Waals surface area contributed by atoms with Gasteiger partial charge in [0.25, 0.3) is 0 Å². The van der Waals surface area contributed by atoms with Gasteiger partial charge in [0.05, 0.1) is 5.69 Å². The lowest BCUT2D eigenvalue weighted by molar-refractivity contribution is 0.0697. The van der Waals surface area contributed by atoms with Crippen LogP contribution in [0.15, 0.2) is 0 Å². The molecule has 1 rings (SSSR count). The molecule has 1 aromatic rings. The molecule has 17 heavy (non-hydrogen) atoms. The van der Waals surface area contributed by atoms with E-state index in [0.717, 1.165) is 13.1 Å². The van der Waals surface area contributed by atoms with E-state index in [1.807, 2.05) is 7.05 Å². The van der Waals surface area contributed by atoms with Crippen molar-refractivity contribution in [1.29, 1.82) is 0 Å². The summed E-state index contributed by atoms with van der Waals surface area (Å²) in [5, 5.41) is 12.8. The number of carbonyl (C=O) groups is 1. The molecule has 0 atom stereocenters. The number of hydrogen-bond donors (Lipinski definition) is 2. The first-order valence-electron chi connectivity index (χ1n) is 5.57. The molecule has 6 heteroatoms. The lowest BCUT2D eigenvalue weighted by Crippen LogP contribution is -2.31. The summed E-state index contributed by atoms with van der Waals surface area (Å²) in [6.45, 7) is 7.55. The molecule has 0 fully saturated rings. The monoisotopic (exact) mass is 257 g/mol. The fraction of sp³-hybridized carbons (Fsp3) is 0.636. The number of carboxylic acid groups (broad SMARTS) is 1. The molecule has 1 aromatic heterocycles. The van der Waals surface area contributed by atoms with Gasteiger partial charge in [-0.05, 0) is 39.4 Å². The summed E-state index contributed by atoms with van der Waals surface area (Å²) in [5.41, 5.74) is 0.865. The third-order valence-corrected chi connectivity index (χ3v) is 3.60. The summed E-state index contributed by atoms with van der Waals surface area (Å²) in [5.74, 6) is -0.920. The Labute approximate surface area is 106 Å². The Balaban J connectivity index is 2.55. The van der Waals surface area contributed by atoms with E-state index in [2.05, 4.69) is 28.4 Å². The van der Waals surface area contributed by atoms with Gasteiger partial charge in [0, 0.05) is 19.1 Å². The quantitative estimate of drug-likeness (QED) is 0.815. The van der Waals surface area contributed by atoms with Crippen LogP contribution in [0.1, 0.15) is 29.9 Å². The van der Waals surface area contributed by atoms with Crippen LogP contribution in [0.25, 0.3) is 0 Å². The van der Waals surface area contributed by atoms with E-state index in [9.17, 15) is 4.79 Å². The van der Waals surface area contributed by atoms with E-state index in [1.54, 1.807) is 6.92 Å². The molecule has 0 amide bonds. The second-order valence-corrected chi connectivity index (χ2v) is 5.05. The Morgan fingerprint density at radius 3 is 2.76 bits per heavy atom. The second kappa shape index (κ2) is 5.97. The first-order chi connectivity index (χ1) is 7.93. The second-order valence-electron chi connectivity index (χ2n) is 4.28. The maximum atomic E-state index is 11.0. The molecular formula is C11H19N3O2S. The summed E-state index contributed by atoms with van der Waals surface area (Å²) in [6.07, 6.45) is 0. The van der Waals surface area contributed by atoms with Crippen molar-refractivity contribution in [2.24, 2.45) is 0 Å². The van der Waals surface area contributed by atoms with E-state index in [-0.39, 0.29) is 0 Å². The molecular weight excluding hydrogens is 238 g/mol. The molecule has 1 heterocycles. The fourth-order valence-corrected chi connectivity index (χ4v) is 2.16. The third kappa shape index (κ3) is 3.67. The van der Waals surface area contributed by atoms with Crippen LogP contribution in [0.4, 0.5) is 5.00 Å². The molecule has 96 valence electrons. The normalized spacial score (nSPS) is 11.2. The fourth-order valence-electron chi connectivity index (χ4n) is 1.35. The first kappa shape index (κ1) is 13.9. The summed E-state index contributed by atoms with van der Waals surface area (Å²) >= 11 is 1.20. The van der Waals surface area contributed by atoms with Gasteiger partial charge in [-0.15, -0.1) is 0 Å². The molecule has 0 spiro atoms. The van der Waals surface area contributed by atoms with Crippen molar-refractivity contribution in [1.82, 2.24) is 9.27 Å². The lowest BCUT2D eigenvalue weighted by atomic mass is 10.2. The minimum absolute atomic E-state index is 0.294. The number of aromatic carboxylic acids is 1. The van der Waals surface area contributed by atoms with Gasteiger partial charge in [0.15, 0.2) is 0 Å². The molecule has 0 bridgehead atoms. The van der Waals surface area contributed by atoms with E-state index in [0.29, 0.717) is 22.3 Å². The Bertz CT molecular complexity index is 390. The zero-order chi connectivity index (χ0) is 13.0. The molecule has 0 aliphatic rings. The molecule has 0 aromatic carbocycles. The summed E-state index contributed by atoms with van der Waals surface area (Å²) < 4.78 is 4.06. The number of aromatic nitrogens is 1. The predicted molar refractivity (Wildman–Crippen MR) is 70.1 cm³/mol. The van der Waals surface area contributed by atoms with Gasteiger partial charge in [-0.3, -0.25) is 0 Å². The van der Waals surface area contributed by atoms with E-state index >= 15 is 0 Å². The number of nitrogens with zero attached hydrogens (tertiary/aromatic N) is 2. The summed E-state index contributed by atoms with van der Waals surface area (Å²) in [4.78, 5) is 13.2. The molecule has 0 aliphatic heterocycles. The maximum Gasteiger partial charge on any atom is 0.340 e. The van der Waals surface area contributed by atoms with Crippen LogP contribution in [0.5, 0.6) is 0 Å². The zero-order valence-corrected chi connectivity index (χ0v) is 11.5. The highest BCUT2D eigenvalue weighted by Crippen LogP contribution is 2.23. The van der Waals surface area contributed by atoms with Crippen LogP contribution in [0, 0.1) is 6.92 Å². The van der Waals surface area contributed by atoms with Gasteiger partial charge in [-0.2, -0.15) is 4.37 Å². The number of hydrogen-bond acceptors (Lipinski definition) is 5. The Morgan fingerprint density at radius 1 is 1.59 bits per heavy atom. The number of likely N-dealkylation sites (N-methyl/N-ethyl adjacent to an activating group) is 1. The minimum atomic E-state index is -0.920. The van der Waals surface area contributed by atoms with Gasteiger partial charge in [-0.25, -0.2) is 4.79 Å². The average molecular weight is 257 g/mol. The SMILES string of the molecule is Cc1nsc(NCCN(C)C(C)C)c1C(=O)O. The van der Waals surface area contributed by atoms with Crippen LogP contribution in [-0.2, 0) is 0 Å². The van der Waals surface area contributed by atoms with Gasteiger partial charge < -0.3 is 15.3 Å². The molecule has 0 radical (unpaired) electrons. The van der Waals surface area contributed by atoms with Crippen molar-refractivity contribution in [2.45, 2.75) is 26.8 Å². The Kier molecular flexibility index (Phi) is 4.89. The highest BCUT2D eigenvalue weighted by atomic mass is 32.1. The number of carboxylic acids is 1. The van der Waals surface area contributed by atoms with Crippen molar-refractivity contribution < 1.29 is 9.90 Å². The maximum absolute atomic E-state index is 11.0. The van der Waals surface area contributed by atoms with Gasteiger partial charge in [0.1, 0.15) is 10.6 Å². The van der Waals surface area contributed by atoms with Crippen molar-refractivity contribution >= 4 is 22.5 Å². The molecule has 5 nitrogen and oxygen atoms in total. The van der Waals surface area contributed by atoms with Crippen LogP contribution in [-0.4, -0.2) is 46.5 Å². The number of rotatable bonds is 6. The third-order valence-electron chi connectivity index (χ3n) is 2.71. The van der Waals surface area contributed by atoms with E-state index < -0.39 is 5.97 Å². The predicted octanol–water partition coefficient (Wildman–Crippen LogP) is 1.90. The van der Waals surface area contributed by atoms with Crippen molar-refractivity contribution in [3.8, 4) is 0 Å². The highest BCUT2D eigenvalue weighted by molar-refractivity contribution is 7.10. The molecule has 0 aliphatic carbocycles. The van der Waals surface area contributed by atoms with Crippen LogP contribution < -0.4 is 5.32 Å². The van der Waals surface area contributed by atoms with Crippen molar-refractivity contribution in [3.63, 3.8) is 0 Å². The Morgan fingerprint density at radius 2 is 2.24 bits per heavy atom. The van der Waals surface area contributed by atoms with Gasteiger partial charge >= 0.3 is 5.97 Å². The summed E-state index contributed by atoms with van der Waals surface area (Å²) in [7, 11) is 2.04. The smallest absolute Gasteiger partial charge is 0.340 e. The largest absolute Gasteiger partial charge is 0.478 e. The molecule has 0 saturated carbocycles.